The van der Waals surface area contributed by atoms with Crippen LogP contribution < -0.4 is 10.1 Å². The van der Waals surface area contributed by atoms with E-state index in [4.69, 9.17) is 14.2 Å². The van der Waals surface area contributed by atoms with Crippen molar-refractivity contribution in [2.75, 3.05) is 13.7 Å². The molecular formula is C20H17NO6. The van der Waals surface area contributed by atoms with Crippen molar-refractivity contribution in [1.29, 1.82) is 0 Å². The average molecular weight is 367 g/mol. The second kappa shape index (κ2) is 6.12. The highest BCUT2D eigenvalue weighted by molar-refractivity contribution is 6.07. The zero-order valence-electron chi connectivity index (χ0n) is 14.8. The van der Waals surface area contributed by atoms with Crippen LogP contribution in [0, 0.1) is 0 Å². The molecule has 0 unspecified atom stereocenters. The summed E-state index contributed by atoms with van der Waals surface area (Å²) in [4.78, 5) is 38.1. The largest absolute Gasteiger partial charge is 0.497 e. The number of carbonyl (C=O) groups excluding carboxylic acids is 3. The molecule has 2 heterocycles. The molecule has 0 saturated carbocycles. The van der Waals surface area contributed by atoms with E-state index in [1.165, 1.54) is 7.11 Å². The van der Waals surface area contributed by atoms with Gasteiger partial charge in [-0.1, -0.05) is 24.3 Å². The van der Waals surface area contributed by atoms with Gasteiger partial charge >= 0.3 is 11.9 Å². The Balaban J connectivity index is 1.93. The summed E-state index contributed by atoms with van der Waals surface area (Å²) in [5, 5.41) is 2.73. The number of methoxy groups -OCH3 is 1. The molecule has 2 aromatic carbocycles. The summed E-state index contributed by atoms with van der Waals surface area (Å²) in [6, 6.07) is 11.6. The lowest BCUT2D eigenvalue weighted by atomic mass is 9.81. The van der Waals surface area contributed by atoms with E-state index in [9.17, 15) is 14.4 Å². The molecule has 0 spiro atoms. The minimum absolute atomic E-state index is 0.120. The molecule has 7 nitrogen and oxygen atoms in total. The first-order valence-electron chi connectivity index (χ1n) is 8.51. The van der Waals surface area contributed by atoms with Gasteiger partial charge in [-0.3, -0.25) is 4.79 Å². The normalized spacial score (nSPS) is 22.5. The number of fused-ring (bicyclic) bond motifs is 2. The third-order valence-corrected chi connectivity index (χ3v) is 4.89. The molecule has 138 valence electrons. The lowest BCUT2D eigenvalue weighted by molar-refractivity contribution is -0.156. The van der Waals surface area contributed by atoms with Gasteiger partial charge in [0.25, 0.3) is 5.91 Å². The van der Waals surface area contributed by atoms with Crippen molar-refractivity contribution >= 4 is 17.8 Å². The van der Waals surface area contributed by atoms with Crippen molar-refractivity contribution in [2.24, 2.45) is 0 Å². The van der Waals surface area contributed by atoms with Gasteiger partial charge in [0, 0.05) is 16.7 Å². The van der Waals surface area contributed by atoms with Gasteiger partial charge in [-0.2, -0.15) is 0 Å². The van der Waals surface area contributed by atoms with Crippen LogP contribution >= 0.6 is 0 Å². The highest BCUT2D eigenvalue weighted by Gasteiger charge is 2.60. The topological polar surface area (TPSA) is 90.9 Å². The molecule has 1 N–H and O–H groups in total. The van der Waals surface area contributed by atoms with Gasteiger partial charge in [0.15, 0.2) is 6.10 Å². The van der Waals surface area contributed by atoms with E-state index in [0.717, 1.165) is 0 Å². The zero-order valence-corrected chi connectivity index (χ0v) is 14.8. The number of rotatable bonds is 4. The number of hydrogen-bond acceptors (Lipinski definition) is 6. The van der Waals surface area contributed by atoms with Crippen molar-refractivity contribution in [2.45, 2.75) is 18.6 Å². The fourth-order valence-corrected chi connectivity index (χ4v) is 3.68. The van der Waals surface area contributed by atoms with E-state index in [1.807, 2.05) is 0 Å². The van der Waals surface area contributed by atoms with Crippen molar-refractivity contribution in [3.8, 4) is 5.75 Å². The Labute approximate surface area is 155 Å². The van der Waals surface area contributed by atoms with E-state index in [1.54, 1.807) is 49.4 Å². The Morgan fingerprint density at radius 3 is 2.70 bits per heavy atom. The predicted octanol–water partition coefficient (Wildman–Crippen LogP) is 2.11. The first-order chi connectivity index (χ1) is 13.0. The van der Waals surface area contributed by atoms with Crippen LogP contribution in [0.15, 0.2) is 42.5 Å². The molecule has 0 fully saturated rings. The summed E-state index contributed by atoms with van der Waals surface area (Å²) in [5.74, 6) is -1.19. The molecule has 0 aliphatic carbocycles. The lowest BCUT2D eigenvalue weighted by Gasteiger charge is -2.32. The number of ether oxygens (including phenoxy) is 3. The Kier molecular flexibility index (Phi) is 3.87. The fourth-order valence-electron chi connectivity index (χ4n) is 3.68. The molecule has 0 bridgehead atoms. The zero-order chi connectivity index (χ0) is 19.2. The highest BCUT2D eigenvalue weighted by atomic mass is 16.6. The van der Waals surface area contributed by atoms with Gasteiger partial charge in [0.2, 0.25) is 5.54 Å². The van der Waals surface area contributed by atoms with Gasteiger partial charge < -0.3 is 19.5 Å². The monoisotopic (exact) mass is 367 g/mol. The number of benzene rings is 2. The van der Waals surface area contributed by atoms with Crippen molar-refractivity contribution in [3.63, 3.8) is 0 Å². The molecular weight excluding hydrogens is 350 g/mol. The molecule has 2 aliphatic heterocycles. The summed E-state index contributed by atoms with van der Waals surface area (Å²) in [6.45, 7) is 1.79. The number of carbonyl (C=O) groups is 3. The van der Waals surface area contributed by atoms with Gasteiger partial charge in [0.05, 0.1) is 19.3 Å². The van der Waals surface area contributed by atoms with Crippen molar-refractivity contribution in [1.82, 2.24) is 5.32 Å². The van der Waals surface area contributed by atoms with Crippen LogP contribution in [0.5, 0.6) is 5.75 Å². The summed E-state index contributed by atoms with van der Waals surface area (Å²) in [6.07, 6.45) is -1.04. The number of amides is 1. The van der Waals surface area contributed by atoms with Crippen LogP contribution in [0.2, 0.25) is 0 Å². The quantitative estimate of drug-likeness (QED) is 0.833. The average Bonchev–Trinajstić information content (AvgIpc) is 3.17. The van der Waals surface area contributed by atoms with Crippen molar-refractivity contribution < 1.29 is 28.6 Å². The second-order valence-corrected chi connectivity index (χ2v) is 6.27. The van der Waals surface area contributed by atoms with E-state index in [-0.39, 0.29) is 6.61 Å². The molecule has 1 amide bonds. The maximum absolute atomic E-state index is 13.0. The Hall–Kier alpha value is -3.35. The number of cyclic esters (lactones) is 1. The van der Waals surface area contributed by atoms with Gasteiger partial charge in [-0.15, -0.1) is 0 Å². The van der Waals surface area contributed by atoms with Gasteiger partial charge in [-0.05, 0) is 25.1 Å². The summed E-state index contributed by atoms with van der Waals surface area (Å²) < 4.78 is 16.0. The van der Waals surface area contributed by atoms with Crippen LogP contribution in [0.25, 0.3) is 0 Å². The van der Waals surface area contributed by atoms with Crippen LogP contribution in [0.3, 0.4) is 0 Å². The lowest BCUT2D eigenvalue weighted by Crippen LogP contribution is -2.52. The standard InChI is InChI=1S/C20H17NO6/c1-3-26-19(24)20(15-7-5-4-6-13(15)17(22)21-20)16-12-9-8-11(25-2)10-14(12)18(23)27-16/h4-10,16H,3H2,1-2H3,(H,21,22)/t16-,20-/m1/s1. The Morgan fingerprint density at radius 1 is 1.19 bits per heavy atom. The molecule has 2 aromatic rings. The minimum Gasteiger partial charge on any atom is -0.497 e. The first-order valence-corrected chi connectivity index (χ1v) is 8.51. The van der Waals surface area contributed by atoms with E-state index in [2.05, 4.69) is 5.32 Å². The van der Waals surface area contributed by atoms with Crippen LogP contribution in [0.1, 0.15) is 44.9 Å². The summed E-state index contributed by atoms with van der Waals surface area (Å²) in [5.41, 5.74) is -0.0786. The smallest absolute Gasteiger partial charge is 0.340 e. The molecule has 2 atom stereocenters. The number of esters is 2. The fraction of sp³-hybridized carbons (Fsp3) is 0.250. The SMILES string of the molecule is CCOC(=O)[C@@]1([C@@H]2OC(=O)c3cc(OC)ccc32)NC(=O)c2ccccc21. The van der Waals surface area contributed by atoms with Crippen LogP contribution in [0.4, 0.5) is 0 Å². The second-order valence-electron chi connectivity index (χ2n) is 6.27. The third kappa shape index (κ3) is 2.31. The molecule has 27 heavy (non-hydrogen) atoms. The molecule has 0 aromatic heterocycles. The predicted molar refractivity (Wildman–Crippen MR) is 93.4 cm³/mol. The molecule has 0 radical (unpaired) electrons. The van der Waals surface area contributed by atoms with Crippen LogP contribution in [-0.2, 0) is 19.8 Å². The van der Waals surface area contributed by atoms with Gasteiger partial charge in [0.1, 0.15) is 5.75 Å². The van der Waals surface area contributed by atoms with E-state index < -0.39 is 29.5 Å². The number of hydrogen-bond donors (Lipinski definition) is 1. The summed E-state index contributed by atoms with van der Waals surface area (Å²) >= 11 is 0. The maximum Gasteiger partial charge on any atom is 0.340 e. The van der Waals surface area contributed by atoms with Gasteiger partial charge in [-0.25, -0.2) is 9.59 Å². The number of nitrogens with one attached hydrogen (secondary N) is 1. The van der Waals surface area contributed by atoms with E-state index >= 15 is 0 Å². The molecule has 4 rings (SSSR count). The molecule has 2 aliphatic rings. The Morgan fingerprint density at radius 2 is 1.96 bits per heavy atom. The third-order valence-electron chi connectivity index (χ3n) is 4.89. The highest BCUT2D eigenvalue weighted by Crippen LogP contribution is 2.48. The summed E-state index contributed by atoms with van der Waals surface area (Å²) in [7, 11) is 1.49. The first kappa shape index (κ1) is 17.1. The molecule has 0 saturated heterocycles. The molecule has 7 heteroatoms. The van der Waals surface area contributed by atoms with Crippen molar-refractivity contribution in [3.05, 3.63) is 64.7 Å². The maximum atomic E-state index is 13.0. The Bertz CT molecular complexity index is 969. The van der Waals surface area contributed by atoms with E-state index in [0.29, 0.717) is 28.0 Å². The minimum atomic E-state index is -1.64. The van der Waals surface area contributed by atoms with Crippen LogP contribution in [-0.4, -0.2) is 31.6 Å².